The van der Waals surface area contributed by atoms with Gasteiger partial charge in [0.05, 0.1) is 4.92 Å². The molecule has 0 aromatic heterocycles. The highest BCUT2D eigenvalue weighted by Crippen LogP contribution is 2.54. The third-order valence-electron chi connectivity index (χ3n) is 4.08. The number of benzene rings is 2. The molecule has 0 saturated heterocycles. The van der Waals surface area contributed by atoms with E-state index < -0.39 is 4.92 Å². The molecule has 1 fully saturated rings. The van der Waals surface area contributed by atoms with Crippen molar-refractivity contribution in [1.29, 1.82) is 0 Å². The molecular formula is C17H13NO4. The van der Waals surface area contributed by atoms with E-state index in [1.54, 1.807) is 0 Å². The van der Waals surface area contributed by atoms with E-state index in [1.165, 1.54) is 24.3 Å². The lowest BCUT2D eigenvalue weighted by molar-refractivity contribution is -0.384. The molecular weight excluding hydrogens is 282 g/mol. The van der Waals surface area contributed by atoms with Crippen molar-refractivity contribution in [3.05, 3.63) is 75.8 Å². The Morgan fingerprint density at radius 2 is 1.68 bits per heavy atom. The molecule has 0 aliphatic heterocycles. The van der Waals surface area contributed by atoms with Crippen molar-refractivity contribution in [3.8, 4) is 0 Å². The van der Waals surface area contributed by atoms with Crippen LogP contribution in [0.4, 0.5) is 5.69 Å². The van der Waals surface area contributed by atoms with Gasteiger partial charge < -0.3 is 4.79 Å². The van der Waals surface area contributed by atoms with Crippen molar-refractivity contribution in [3.63, 3.8) is 0 Å². The molecule has 1 aliphatic rings. The standard InChI is InChI=1S/C17H13NO4/c19-10-14-15(11-4-2-1-3-5-11)16(14)17(20)12-6-8-13(9-7-12)18(21)22/h1-10,14-16H/t14-,15-,16+/m0/s1. The van der Waals surface area contributed by atoms with Gasteiger partial charge in [0.15, 0.2) is 5.78 Å². The number of ketones is 1. The van der Waals surface area contributed by atoms with Gasteiger partial charge in [-0.05, 0) is 17.7 Å². The van der Waals surface area contributed by atoms with Crippen LogP contribution in [0.25, 0.3) is 0 Å². The monoisotopic (exact) mass is 295 g/mol. The Balaban J connectivity index is 1.83. The summed E-state index contributed by atoms with van der Waals surface area (Å²) in [6, 6.07) is 15.0. The van der Waals surface area contributed by atoms with Crippen molar-refractivity contribution in [2.75, 3.05) is 0 Å². The Morgan fingerprint density at radius 1 is 1.05 bits per heavy atom. The van der Waals surface area contributed by atoms with Gasteiger partial charge in [-0.3, -0.25) is 14.9 Å². The molecule has 0 heterocycles. The summed E-state index contributed by atoms with van der Waals surface area (Å²) in [6.45, 7) is 0. The molecule has 5 heteroatoms. The molecule has 1 saturated carbocycles. The molecule has 2 aromatic rings. The molecule has 0 amide bonds. The fourth-order valence-corrected chi connectivity index (χ4v) is 2.89. The lowest BCUT2D eigenvalue weighted by Crippen LogP contribution is -2.04. The van der Waals surface area contributed by atoms with Crippen molar-refractivity contribution in [2.45, 2.75) is 5.92 Å². The predicted molar refractivity (Wildman–Crippen MR) is 79.7 cm³/mol. The number of carbonyl (C=O) groups excluding carboxylic acids is 2. The zero-order valence-corrected chi connectivity index (χ0v) is 11.6. The first-order valence-electron chi connectivity index (χ1n) is 6.92. The minimum absolute atomic E-state index is 0.0566. The van der Waals surface area contributed by atoms with Crippen molar-refractivity contribution >= 4 is 17.8 Å². The lowest BCUT2D eigenvalue weighted by atomic mass is 10.0. The number of nitrogens with zero attached hydrogens (tertiary/aromatic N) is 1. The van der Waals surface area contributed by atoms with Crippen LogP contribution in [-0.2, 0) is 4.79 Å². The Labute approximate surface area is 126 Å². The first kappa shape index (κ1) is 14.1. The third kappa shape index (κ3) is 2.41. The van der Waals surface area contributed by atoms with E-state index in [-0.39, 0.29) is 29.2 Å². The number of hydrogen-bond acceptors (Lipinski definition) is 4. The van der Waals surface area contributed by atoms with E-state index in [9.17, 15) is 19.7 Å². The highest BCUT2D eigenvalue weighted by atomic mass is 16.6. The van der Waals surface area contributed by atoms with Crippen LogP contribution < -0.4 is 0 Å². The van der Waals surface area contributed by atoms with E-state index in [2.05, 4.69) is 0 Å². The largest absolute Gasteiger partial charge is 0.303 e. The van der Waals surface area contributed by atoms with E-state index in [0.29, 0.717) is 5.56 Å². The van der Waals surface area contributed by atoms with Crippen LogP contribution in [0.2, 0.25) is 0 Å². The second-order valence-electron chi connectivity index (χ2n) is 5.34. The van der Waals surface area contributed by atoms with Gasteiger partial charge in [0.2, 0.25) is 0 Å². The molecule has 0 N–H and O–H groups in total. The van der Waals surface area contributed by atoms with Crippen molar-refractivity contribution < 1.29 is 14.5 Å². The topological polar surface area (TPSA) is 77.3 Å². The van der Waals surface area contributed by atoms with E-state index in [0.717, 1.165) is 11.8 Å². The fraction of sp³-hybridized carbons (Fsp3) is 0.176. The third-order valence-corrected chi connectivity index (χ3v) is 4.08. The minimum Gasteiger partial charge on any atom is -0.303 e. The molecule has 22 heavy (non-hydrogen) atoms. The highest BCUT2D eigenvalue weighted by molar-refractivity contribution is 6.03. The summed E-state index contributed by atoms with van der Waals surface area (Å²) < 4.78 is 0. The molecule has 2 aromatic carbocycles. The average molecular weight is 295 g/mol. The lowest BCUT2D eigenvalue weighted by Gasteiger charge is -2.01. The molecule has 5 nitrogen and oxygen atoms in total. The molecule has 0 radical (unpaired) electrons. The Bertz CT molecular complexity index is 724. The smallest absolute Gasteiger partial charge is 0.269 e. The number of hydrogen-bond donors (Lipinski definition) is 0. The van der Waals surface area contributed by atoms with Gasteiger partial charge in [0.1, 0.15) is 6.29 Å². The number of carbonyl (C=O) groups is 2. The number of non-ortho nitro benzene ring substituents is 1. The van der Waals surface area contributed by atoms with Crippen LogP contribution in [0.5, 0.6) is 0 Å². The summed E-state index contributed by atoms with van der Waals surface area (Å²) in [4.78, 5) is 33.8. The molecule has 0 bridgehead atoms. The summed E-state index contributed by atoms with van der Waals surface area (Å²) in [5.41, 5.74) is 1.32. The molecule has 0 unspecified atom stereocenters. The summed E-state index contributed by atoms with van der Waals surface area (Å²) in [5.74, 6) is -0.923. The van der Waals surface area contributed by atoms with Crippen LogP contribution in [0.15, 0.2) is 54.6 Å². The molecule has 0 spiro atoms. The predicted octanol–water partition coefficient (Wildman–Crippen LogP) is 3.01. The van der Waals surface area contributed by atoms with Gasteiger partial charge in [0, 0.05) is 35.4 Å². The Hall–Kier alpha value is -2.82. The maximum Gasteiger partial charge on any atom is 0.269 e. The van der Waals surface area contributed by atoms with Gasteiger partial charge in [-0.1, -0.05) is 30.3 Å². The van der Waals surface area contributed by atoms with Gasteiger partial charge in [-0.25, -0.2) is 0 Å². The minimum atomic E-state index is -0.508. The number of Topliss-reactive ketones (excluding diaryl/α,β-unsaturated/α-hetero) is 1. The molecule has 110 valence electrons. The maximum atomic E-state index is 12.5. The number of rotatable bonds is 5. The van der Waals surface area contributed by atoms with E-state index in [1.807, 2.05) is 30.3 Å². The van der Waals surface area contributed by atoms with Crippen molar-refractivity contribution in [2.24, 2.45) is 11.8 Å². The summed E-state index contributed by atoms with van der Waals surface area (Å²) >= 11 is 0. The fourth-order valence-electron chi connectivity index (χ4n) is 2.89. The summed E-state index contributed by atoms with van der Waals surface area (Å²) in [6.07, 6.45) is 0.825. The normalized spacial score (nSPS) is 22.8. The second kappa shape index (κ2) is 5.52. The zero-order valence-electron chi connectivity index (χ0n) is 11.6. The van der Waals surface area contributed by atoms with E-state index >= 15 is 0 Å². The van der Waals surface area contributed by atoms with Gasteiger partial charge >= 0.3 is 0 Å². The first-order valence-corrected chi connectivity index (χ1v) is 6.92. The summed E-state index contributed by atoms with van der Waals surface area (Å²) in [7, 11) is 0. The molecule has 1 aliphatic carbocycles. The van der Waals surface area contributed by atoms with E-state index in [4.69, 9.17) is 0 Å². The maximum absolute atomic E-state index is 12.5. The van der Waals surface area contributed by atoms with Crippen LogP contribution in [0.1, 0.15) is 21.8 Å². The summed E-state index contributed by atoms with van der Waals surface area (Å²) in [5, 5.41) is 10.6. The van der Waals surface area contributed by atoms with Gasteiger partial charge in [-0.2, -0.15) is 0 Å². The Morgan fingerprint density at radius 3 is 2.23 bits per heavy atom. The zero-order chi connectivity index (χ0) is 15.7. The van der Waals surface area contributed by atoms with Crippen molar-refractivity contribution in [1.82, 2.24) is 0 Å². The van der Waals surface area contributed by atoms with Crippen LogP contribution in [0.3, 0.4) is 0 Å². The number of nitro benzene ring substituents is 1. The van der Waals surface area contributed by atoms with Gasteiger partial charge in [-0.15, -0.1) is 0 Å². The average Bonchev–Trinajstić information content (AvgIpc) is 3.29. The highest BCUT2D eigenvalue weighted by Gasteiger charge is 2.55. The molecule has 3 rings (SSSR count). The number of aldehydes is 1. The SMILES string of the molecule is O=C[C@@H]1[C@@H](C(=O)c2ccc([N+](=O)[O-])cc2)[C@H]1c1ccccc1. The molecule has 3 atom stereocenters. The first-order chi connectivity index (χ1) is 10.6. The quantitative estimate of drug-likeness (QED) is 0.367. The second-order valence-corrected chi connectivity index (χ2v) is 5.34. The van der Waals surface area contributed by atoms with Gasteiger partial charge in [0.25, 0.3) is 5.69 Å². The van der Waals surface area contributed by atoms with Crippen LogP contribution in [0, 0.1) is 22.0 Å². The number of nitro groups is 1. The Kier molecular flexibility index (Phi) is 3.55. The van der Waals surface area contributed by atoms with Crippen LogP contribution in [-0.4, -0.2) is 17.0 Å². The van der Waals surface area contributed by atoms with Crippen LogP contribution >= 0.6 is 0 Å².